The minimum atomic E-state index is -0.265. The van der Waals surface area contributed by atoms with E-state index in [-0.39, 0.29) is 18.0 Å². The molecule has 0 saturated heterocycles. The Morgan fingerprint density at radius 3 is 2.67 bits per heavy atom. The van der Waals surface area contributed by atoms with Gasteiger partial charge >= 0.3 is 0 Å². The van der Waals surface area contributed by atoms with Crippen LogP contribution in [0, 0.1) is 12.7 Å². The standard InChI is InChI=1S/C11H17FN2O/c1-7-4-5-9(12)6-10(7)11(14-13)8(2)15-3/h4-6,8,11,14H,13H2,1-3H3. The van der Waals surface area contributed by atoms with E-state index >= 15 is 0 Å². The molecule has 2 atom stereocenters. The van der Waals surface area contributed by atoms with Gasteiger partial charge in [0, 0.05) is 7.11 Å². The topological polar surface area (TPSA) is 47.3 Å². The van der Waals surface area contributed by atoms with Crippen molar-refractivity contribution in [2.24, 2.45) is 5.84 Å². The molecule has 0 bridgehead atoms. The van der Waals surface area contributed by atoms with E-state index in [4.69, 9.17) is 10.6 Å². The van der Waals surface area contributed by atoms with E-state index in [9.17, 15) is 4.39 Å². The molecular formula is C11H17FN2O. The molecule has 0 aromatic heterocycles. The van der Waals surface area contributed by atoms with Crippen LogP contribution in [0.1, 0.15) is 24.1 Å². The van der Waals surface area contributed by atoms with E-state index in [1.165, 1.54) is 12.1 Å². The summed E-state index contributed by atoms with van der Waals surface area (Å²) in [5, 5.41) is 0. The molecule has 3 nitrogen and oxygen atoms in total. The molecule has 0 fully saturated rings. The lowest BCUT2D eigenvalue weighted by atomic mass is 9.98. The average molecular weight is 212 g/mol. The third kappa shape index (κ3) is 2.75. The Morgan fingerprint density at radius 1 is 1.47 bits per heavy atom. The fourth-order valence-electron chi connectivity index (χ4n) is 1.56. The van der Waals surface area contributed by atoms with E-state index in [1.54, 1.807) is 13.2 Å². The molecular weight excluding hydrogens is 195 g/mol. The van der Waals surface area contributed by atoms with Gasteiger partial charge in [-0.15, -0.1) is 0 Å². The number of rotatable bonds is 4. The SMILES string of the molecule is COC(C)C(NN)c1cc(F)ccc1C. The Balaban J connectivity index is 3.05. The van der Waals surface area contributed by atoms with Crippen LogP contribution < -0.4 is 11.3 Å². The van der Waals surface area contributed by atoms with Crippen molar-refractivity contribution in [1.29, 1.82) is 0 Å². The number of aryl methyl sites for hydroxylation is 1. The zero-order valence-electron chi connectivity index (χ0n) is 9.25. The van der Waals surface area contributed by atoms with Crippen molar-refractivity contribution in [2.75, 3.05) is 7.11 Å². The second-order valence-electron chi connectivity index (χ2n) is 3.59. The average Bonchev–Trinajstić information content (AvgIpc) is 2.23. The van der Waals surface area contributed by atoms with Gasteiger partial charge in [0.05, 0.1) is 12.1 Å². The predicted octanol–water partition coefficient (Wildman–Crippen LogP) is 1.67. The highest BCUT2D eigenvalue weighted by Gasteiger charge is 2.19. The lowest BCUT2D eigenvalue weighted by molar-refractivity contribution is 0.0828. The first-order chi connectivity index (χ1) is 7.10. The summed E-state index contributed by atoms with van der Waals surface area (Å²) in [7, 11) is 1.60. The van der Waals surface area contributed by atoms with E-state index in [0.717, 1.165) is 11.1 Å². The van der Waals surface area contributed by atoms with Crippen molar-refractivity contribution in [3.8, 4) is 0 Å². The van der Waals surface area contributed by atoms with Gasteiger partial charge in [-0.1, -0.05) is 6.07 Å². The summed E-state index contributed by atoms with van der Waals surface area (Å²) in [4.78, 5) is 0. The summed E-state index contributed by atoms with van der Waals surface area (Å²) in [5.41, 5.74) is 4.46. The summed E-state index contributed by atoms with van der Waals surface area (Å²) in [5.74, 6) is 5.18. The molecule has 0 radical (unpaired) electrons. The fourth-order valence-corrected chi connectivity index (χ4v) is 1.56. The van der Waals surface area contributed by atoms with Crippen molar-refractivity contribution >= 4 is 0 Å². The maximum absolute atomic E-state index is 13.1. The van der Waals surface area contributed by atoms with Gasteiger partial charge in [0.1, 0.15) is 5.82 Å². The molecule has 0 amide bonds. The molecule has 0 saturated carbocycles. The van der Waals surface area contributed by atoms with Crippen molar-refractivity contribution in [1.82, 2.24) is 5.43 Å². The summed E-state index contributed by atoms with van der Waals surface area (Å²) >= 11 is 0. The molecule has 1 aromatic rings. The smallest absolute Gasteiger partial charge is 0.123 e. The highest BCUT2D eigenvalue weighted by atomic mass is 19.1. The molecule has 84 valence electrons. The van der Waals surface area contributed by atoms with Crippen LogP contribution >= 0.6 is 0 Å². The fraction of sp³-hybridized carbons (Fsp3) is 0.455. The van der Waals surface area contributed by atoms with Gasteiger partial charge in [-0.25, -0.2) is 4.39 Å². The molecule has 3 N–H and O–H groups in total. The molecule has 2 unspecified atom stereocenters. The lowest BCUT2D eigenvalue weighted by Gasteiger charge is -2.23. The molecule has 0 heterocycles. The van der Waals surface area contributed by atoms with Crippen molar-refractivity contribution in [3.05, 3.63) is 35.1 Å². The minimum Gasteiger partial charge on any atom is -0.380 e. The second-order valence-corrected chi connectivity index (χ2v) is 3.59. The Labute approximate surface area is 89.4 Å². The van der Waals surface area contributed by atoms with Crippen molar-refractivity contribution < 1.29 is 9.13 Å². The normalized spacial score (nSPS) is 15.0. The van der Waals surface area contributed by atoms with Crippen molar-refractivity contribution in [3.63, 3.8) is 0 Å². The second kappa shape index (κ2) is 5.21. The number of hydrazine groups is 1. The summed E-state index contributed by atoms with van der Waals surface area (Å²) < 4.78 is 18.3. The lowest BCUT2D eigenvalue weighted by Crippen LogP contribution is -2.36. The van der Waals surface area contributed by atoms with Gasteiger partial charge in [-0.05, 0) is 37.1 Å². The molecule has 4 heteroatoms. The number of nitrogens with one attached hydrogen (secondary N) is 1. The Morgan fingerprint density at radius 2 is 2.13 bits per heavy atom. The van der Waals surface area contributed by atoms with E-state index in [0.29, 0.717) is 0 Å². The molecule has 15 heavy (non-hydrogen) atoms. The van der Waals surface area contributed by atoms with Crippen LogP contribution in [0.15, 0.2) is 18.2 Å². The van der Waals surface area contributed by atoms with E-state index in [1.807, 2.05) is 13.8 Å². The van der Waals surface area contributed by atoms with E-state index < -0.39 is 0 Å². The molecule has 0 aliphatic heterocycles. The number of nitrogens with two attached hydrogens (primary N) is 1. The number of methoxy groups -OCH3 is 1. The Kier molecular flexibility index (Phi) is 4.20. The molecule has 1 rings (SSSR count). The molecule has 1 aromatic carbocycles. The van der Waals surface area contributed by atoms with Crippen LogP contribution in [0.4, 0.5) is 4.39 Å². The summed E-state index contributed by atoms with van der Waals surface area (Å²) in [6.45, 7) is 3.80. The Bertz CT molecular complexity index is 330. The molecule has 0 aliphatic carbocycles. The van der Waals surface area contributed by atoms with Crippen LogP contribution in [0.2, 0.25) is 0 Å². The largest absolute Gasteiger partial charge is 0.380 e. The van der Waals surface area contributed by atoms with E-state index in [2.05, 4.69) is 5.43 Å². The maximum Gasteiger partial charge on any atom is 0.123 e. The van der Waals surface area contributed by atoms with Gasteiger partial charge in [-0.3, -0.25) is 11.3 Å². The monoisotopic (exact) mass is 212 g/mol. The highest BCUT2D eigenvalue weighted by Crippen LogP contribution is 2.22. The number of hydrogen-bond donors (Lipinski definition) is 2. The predicted molar refractivity (Wildman–Crippen MR) is 57.7 cm³/mol. The van der Waals surface area contributed by atoms with Crippen LogP contribution in [0.5, 0.6) is 0 Å². The third-order valence-electron chi connectivity index (χ3n) is 2.60. The number of halogens is 1. The van der Waals surface area contributed by atoms with Crippen LogP contribution in [-0.2, 0) is 4.74 Å². The maximum atomic E-state index is 13.1. The van der Waals surface area contributed by atoms with Gasteiger partial charge in [-0.2, -0.15) is 0 Å². The zero-order chi connectivity index (χ0) is 11.4. The van der Waals surface area contributed by atoms with Crippen molar-refractivity contribution in [2.45, 2.75) is 26.0 Å². The van der Waals surface area contributed by atoms with Gasteiger partial charge in [0.15, 0.2) is 0 Å². The molecule has 0 spiro atoms. The Hall–Kier alpha value is -0.970. The first kappa shape index (κ1) is 12.1. The summed E-state index contributed by atoms with van der Waals surface area (Å²) in [6, 6.07) is 4.45. The van der Waals surface area contributed by atoms with Crippen LogP contribution in [0.3, 0.4) is 0 Å². The number of benzene rings is 1. The van der Waals surface area contributed by atoms with Crippen LogP contribution in [-0.4, -0.2) is 13.2 Å². The first-order valence-corrected chi connectivity index (χ1v) is 4.85. The highest BCUT2D eigenvalue weighted by molar-refractivity contribution is 5.30. The third-order valence-corrected chi connectivity index (χ3v) is 2.60. The number of ether oxygens (including phenoxy) is 1. The van der Waals surface area contributed by atoms with Gasteiger partial charge in [0.25, 0.3) is 0 Å². The molecule has 0 aliphatic rings. The zero-order valence-corrected chi connectivity index (χ0v) is 9.25. The minimum absolute atomic E-state index is 0.115. The van der Waals surface area contributed by atoms with Gasteiger partial charge < -0.3 is 4.74 Å². The van der Waals surface area contributed by atoms with Crippen LogP contribution in [0.25, 0.3) is 0 Å². The first-order valence-electron chi connectivity index (χ1n) is 4.85. The summed E-state index contributed by atoms with van der Waals surface area (Å²) in [6.07, 6.45) is -0.115. The quantitative estimate of drug-likeness (QED) is 0.589. The van der Waals surface area contributed by atoms with Gasteiger partial charge in [0.2, 0.25) is 0 Å². The number of hydrogen-bond acceptors (Lipinski definition) is 3.